The van der Waals surface area contributed by atoms with E-state index in [2.05, 4.69) is 45.1 Å². The van der Waals surface area contributed by atoms with Crippen LogP contribution in [0, 0.1) is 5.41 Å². The summed E-state index contributed by atoms with van der Waals surface area (Å²) in [4.78, 5) is 15.5. The quantitative estimate of drug-likeness (QED) is 0.661. The topological polar surface area (TPSA) is 58.3 Å². The number of hydrogen-bond acceptors (Lipinski definition) is 3. The van der Waals surface area contributed by atoms with E-state index in [-0.39, 0.29) is 0 Å². The van der Waals surface area contributed by atoms with Crippen molar-refractivity contribution in [1.82, 2.24) is 24.8 Å². The molecule has 0 aromatic carbocycles. The Kier molecular flexibility index (Phi) is 5.91. The zero-order valence-electron chi connectivity index (χ0n) is 16.1. The summed E-state index contributed by atoms with van der Waals surface area (Å²) >= 11 is 0. The highest BCUT2D eigenvalue weighted by Gasteiger charge is 2.31. The molecule has 1 N–H and O–H groups in total. The van der Waals surface area contributed by atoms with E-state index in [1.54, 1.807) is 12.5 Å². The number of pyridine rings is 1. The Morgan fingerprint density at radius 3 is 2.92 bits per heavy atom. The van der Waals surface area contributed by atoms with Crippen molar-refractivity contribution in [1.29, 1.82) is 0 Å². The van der Waals surface area contributed by atoms with Crippen LogP contribution >= 0.6 is 0 Å². The van der Waals surface area contributed by atoms with Crippen molar-refractivity contribution in [2.75, 3.05) is 20.1 Å². The Balaban J connectivity index is 1.59. The van der Waals surface area contributed by atoms with Gasteiger partial charge in [-0.25, -0.2) is 9.97 Å². The van der Waals surface area contributed by atoms with Crippen molar-refractivity contribution in [3.05, 3.63) is 42.6 Å². The normalized spacial score (nSPS) is 21.0. The molecule has 0 amide bonds. The maximum atomic E-state index is 4.51. The van der Waals surface area contributed by atoms with Crippen molar-refractivity contribution in [2.24, 2.45) is 10.4 Å². The number of nitrogens with one attached hydrogen (secondary N) is 1. The van der Waals surface area contributed by atoms with Crippen LogP contribution in [-0.2, 0) is 6.54 Å². The van der Waals surface area contributed by atoms with Gasteiger partial charge in [0.25, 0.3) is 0 Å². The number of rotatable bonds is 5. The molecule has 1 saturated heterocycles. The molecule has 1 unspecified atom stereocenters. The SMILES string of the molecule is CCCC1(C)CCCN(C(=NC)NCc2ccc(-n3ccnc3)nc2)C1. The molecule has 1 aliphatic heterocycles. The fraction of sp³-hybridized carbons (Fsp3) is 0.550. The Bertz CT molecular complexity index is 702. The summed E-state index contributed by atoms with van der Waals surface area (Å²) in [6.07, 6.45) is 12.4. The highest BCUT2D eigenvalue weighted by molar-refractivity contribution is 5.80. The fourth-order valence-electron chi connectivity index (χ4n) is 3.89. The van der Waals surface area contributed by atoms with Gasteiger partial charge in [-0.2, -0.15) is 0 Å². The summed E-state index contributed by atoms with van der Waals surface area (Å²) in [7, 11) is 1.87. The van der Waals surface area contributed by atoms with Gasteiger partial charge >= 0.3 is 0 Å². The Morgan fingerprint density at radius 1 is 1.38 bits per heavy atom. The van der Waals surface area contributed by atoms with Crippen molar-refractivity contribution in [3.8, 4) is 5.82 Å². The predicted octanol–water partition coefficient (Wildman–Crippen LogP) is 3.24. The lowest BCUT2D eigenvalue weighted by atomic mass is 9.78. The predicted molar refractivity (Wildman–Crippen MR) is 105 cm³/mol. The molecule has 2 aromatic heterocycles. The van der Waals surface area contributed by atoms with Crippen LogP contribution in [0.1, 0.15) is 45.1 Å². The summed E-state index contributed by atoms with van der Waals surface area (Å²) in [5.41, 5.74) is 1.54. The molecule has 1 atom stereocenters. The summed E-state index contributed by atoms with van der Waals surface area (Å²) in [5.74, 6) is 1.87. The Hall–Kier alpha value is -2.37. The molecule has 6 heteroatoms. The third kappa shape index (κ3) is 4.42. The van der Waals surface area contributed by atoms with E-state index in [9.17, 15) is 0 Å². The standard InChI is InChI=1S/C20H30N6/c1-4-8-20(2)9-5-11-25(15-20)19(21-3)24-14-17-6-7-18(23-13-17)26-12-10-22-16-26/h6-7,10,12-13,16H,4-5,8-9,11,14-15H2,1-3H3,(H,21,24). The molecule has 26 heavy (non-hydrogen) atoms. The maximum absolute atomic E-state index is 4.51. The molecule has 0 spiro atoms. The molecule has 3 heterocycles. The number of hydrogen-bond donors (Lipinski definition) is 1. The van der Waals surface area contributed by atoms with E-state index in [4.69, 9.17) is 0 Å². The van der Waals surface area contributed by atoms with E-state index in [1.165, 1.54) is 25.7 Å². The van der Waals surface area contributed by atoms with Crippen molar-refractivity contribution in [2.45, 2.75) is 46.1 Å². The first-order valence-electron chi connectivity index (χ1n) is 9.52. The van der Waals surface area contributed by atoms with Crippen LogP contribution in [0.5, 0.6) is 0 Å². The van der Waals surface area contributed by atoms with Gasteiger partial charge in [-0.05, 0) is 36.3 Å². The summed E-state index contributed by atoms with van der Waals surface area (Å²) in [5, 5.41) is 3.51. The average molecular weight is 355 g/mol. The molecular formula is C20H30N6. The molecule has 1 fully saturated rings. The summed E-state index contributed by atoms with van der Waals surface area (Å²) < 4.78 is 1.90. The molecule has 6 nitrogen and oxygen atoms in total. The lowest BCUT2D eigenvalue weighted by Crippen LogP contribution is -2.49. The number of imidazole rings is 1. The number of aliphatic imine (C=N–C) groups is 1. The van der Waals surface area contributed by atoms with Crippen LogP contribution in [0.15, 0.2) is 42.0 Å². The van der Waals surface area contributed by atoms with Gasteiger partial charge in [0.15, 0.2) is 5.96 Å². The van der Waals surface area contributed by atoms with E-state index >= 15 is 0 Å². The van der Waals surface area contributed by atoms with Crippen LogP contribution < -0.4 is 5.32 Å². The van der Waals surface area contributed by atoms with E-state index in [0.29, 0.717) is 5.41 Å². The number of nitrogens with zero attached hydrogens (tertiary/aromatic N) is 5. The highest BCUT2D eigenvalue weighted by atomic mass is 15.3. The average Bonchev–Trinajstić information content (AvgIpc) is 3.17. The molecule has 0 bridgehead atoms. The minimum Gasteiger partial charge on any atom is -0.352 e. The second-order valence-electron chi connectivity index (χ2n) is 7.48. The van der Waals surface area contributed by atoms with Gasteiger partial charge in [0.1, 0.15) is 12.1 Å². The first-order valence-corrected chi connectivity index (χ1v) is 9.52. The Morgan fingerprint density at radius 2 is 2.27 bits per heavy atom. The number of piperidine rings is 1. The van der Waals surface area contributed by atoms with Crippen LogP contribution in [-0.4, -0.2) is 45.5 Å². The van der Waals surface area contributed by atoms with Gasteiger partial charge in [-0.1, -0.05) is 26.3 Å². The molecule has 1 aliphatic rings. The van der Waals surface area contributed by atoms with E-state index < -0.39 is 0 Å². The lowest BCUT2D eigenvalue weighted by Gasteiger charge is -2.42. The summed E-state index contributed by atoms with van der Waals surface area (Å²) in [6.45, 7) is 7.58. The maximum Gasteiger partial charge on any atom is 0.193 e. The smallest absolute Gasteiger partial charge is 0.193 e. The van der Waals surface area contributed by atoms with Crippen molar-refractivity contribution < 1.29 is 0 Å². The molecule has 0 saturated carbocycles. The van der Waals surface area contributed by atoms with E-state index in [0.717, 1.165) is 37.0 Å². The minimum absolute atomic E-state index is 0.401. The lowest BCUT2D eigenvalue weighted by molar-refractivity contribution is 0.142. The van der Waals surface area contributed by atoms with Crippen LogP contribution in [0.4, 0.5) is 0 Å². The molecule has 140 valence electrons. The minimum atomic E-state index is 0.401. The van der Waals surface area contributed by atoms with Crippen molar-refractivity contribution in [3.63, 3.8) is 0 Å². The number of guanidine groups is 1. The second-order valence-corrected chi connectivity index (χ2v) is 7.48. The van der Waals surface area contributed by atoms with Gasteiger partial charge < -0.3 is 10.2 Å². The highest BCUT2D eigenvalue weighted by Crippen LogP contribution is 2.33. The zero-order chi connectivity index (χ0) is 18.4. The molecule has 3 rings (SSSR count). The Labute approximate surface area is 156 Å². The molecule has 0 radical (unpaired) electrons. The van der Waals surface area contributed by atoms with Crippen LogP contribution in [0.2, 0.25) is 0 Å². The fourth-order valence-corrected chi connectivity index (χ4v) is 3.89. The van der Waals surface area contributed by atoms with Gasteiger partial charge in [-0.3, -0.25) is 9.56 Å². The third-order valence-corrected chi connectivity index (χ3v) is 5.17. The monoisotopic (exact) mass is 354 g/mol. The summed E-state index contributed by atoms with van der Waals surface area (Å²) in [6, 6.07) is 4.11. The van der Waals surface area contributed by atoms with Gasteiger partial charge in [0.2, 0.25) is 0 Å². The number of aromatic nitrogens is 3. The van der Waals surface area contributed by atoms with Crippen LogP contribution in [0.25, 0.3) is 5.82 Å². The molecule has 0 aliphatic carbocycles. The first kappa shape index (κ1) is 18.4. The molecule has 2 aromatic rings. The zero-order valence-corrected chi connectivity index (χ0v) is 16.1. The third-order valence-electron chi connectivity index (χ3n) is 5.17. The van der Waals surface area contributed by atoms with Gasteiger partial charge in [0, 0.05) is 45.3 Å². The van der Waals surface area contributed by atoms with Gasteiger partial charge in [0.05, 0.1) is 0 Å². The van der Waals surface area contributed by atoms with E-state index in [1.807, 2.05) is 30.1 Å². The second kappa shape index (κ2) is 8.34. The largest absolute Gasteiger partial charge is 0.352 e. The molecular weight excluding hydrogens is 324 g/mol. The van der Waals surface area contributed by atoms with Crippen molar-refractivity contribution >= 4 is 5.96 Å². The first-order chi connectivity index (χ1) is 12.6. The van der Waals surface area contributed by atoms with Gasteiger partial charge in [-0.15, -0.1) is 0 Å². The number of likely N-dealkylation sites (tertiary alicyclic amines) is 1. The van der Waals surface area contributed by atoms with Crippen LogP contribution in [0.3, 0.4) is 0 Å².